The lowest BCUT2D eigenvalue weighted by molar-refractivity contribution is -0.117. The van der Waals surface area contributed by atoms with Crippen molar-refractivity contribution in [1.82, 2.24) is 5.32 Å². The summed E-state index contributed by atoms with van der Waals surface area (Å²) in [6.07, 6.45) is 1.52. The first-order valence-electron chi connectivity index (χ1n) is 7.90. The summed E-state index contributed by atoms with van der Waals surface area (Å²) in [7, 11) is 3.13. The lowest BCUT2D eigenvalue weighted by atomic mass is 10.1. The quantitative estimate of drug-likeness (QED) is 0.416. The molecule has 1 aromatic heterocycles. The number of carbonyl (C=O) groups is 1. The highest BCUT2D eigenvalue weighted by molar-refractivity contribution is 7.09. The lowest BCUT2D eigenvalue weighted by Gasteiger charge is -2.11. The number of methoxy groups -OCH3 is 2. The number of nitriles is 1. The van der Waals surface area contributed by atoms with Gasteiger partial charge in [-0.25, -0.2) is 0 Å². The molecule has 0 bridgehead atoms. The highest BCUT2D eigenvalue weighted by atomic mass is 32.1. The van der Waals surface area contributed by atoms with Crippen molar-refractivity contribution in [1.29, 1.82) is 5.26 Å². The van der Waals surface area contributed by atoms with Crippen LogP contribution >= 0.6 is 11.3 Å². The van der Waals surface area contributed by atoms with Gasteiger partial charge in [-0.3, -0.25) is 4.79 Å². The van der Waals surface area contributed by atoms with Gasteiger partial charge in [-0.1, -0.05) is 12.1 Å². The molecule has 0 radical (unpaired) electrons. The van der Waals surface area contributed by atoms with Crippen LogP contribution < -0.4 is 14.8 Å². The Labute approximate surface area is 156 Å². The van der Waals surface area contributed by atoms with Crippen LogP contribution in [0.5, 0.6) is 11.5 Å². The molecule has 0 saturated heterocycles. The Kier molecular flexibility index (Phi) is 7.68. The summed E-state index contributed by atoms with van der Waals surface area (Å²) in [5.74, 6) is 0.675. The predicted molar refractivity (Wildman–Crippen MR) is 100 cm³/mol. The van der Waals surface area contributed by atoms with Gasteiger partial charge in [0.2, 0.25) is 0 Å². The summed E-state index contributed by atoms with van der Waals surface area (Å²) in [5.41, 5.74) is 0.695. The molecule has 0 aliphatic heterocycles. The van der Waals surface area contributed by atoms with Crippen LogP contribution in [-0.2, 0) is 16.1 Å². The summed E-state index contributed by atoms with van der Waals surface area (Å²) in [6, 6.07) is 11.0. The third-order valence-corrected chi connectivity index (χ3v) is 4.29. The van der Waals surface area contributed by atoms with Gasteiger partial charge < -0.3 is 19.5 Å². The molecular weight excluding hydrogens is 352 g/mol. The Bertz CT molecular complexity index is 794. The summed E-state index contributed by atoms with van der Waals surface area (Å²) in [6.45, 7) is 1.26. The molecule has 1 aromatic carbocycles. The van der Waals surface area contributed by atoms with Crippen molar-refractivity contribution in [3.8, 4) is 17.6 Å². The maximum atomic E-state index is 12.2. The van der Waals surface area contributed by atoms with Crippen molar-refractivity contribution in [3.63, 3.8) is 0 Å². The Morgan fingerprint density at radius 3 is 2.77 bits per heavy atom. The van der Waals surface area contributed by atoms with E-state index in [1.165, 1.54) is 13.2 Å². The van der Waals surface area contributed by atoms with Crippen LogP contribution in [-0.4, -0.2) is 33.3 Å². The minimum atomic E-state index is -0.416. The molecule has 2 aromatic rings. The molecule has 0 aliphatic carbocycles. The standard InChI is InChI=1S/C19H20N2O4S/c1-23-7-8-25-17-6-5-14(11-18(17)24-2)10-15(12-20)19(22)21-13-16-4-3-9-26-16/h3-6,9-11H,7-8,13H2,1-2H3,(H,21,22)/b15-10+. The van der Waals surface area contributed by atoms with Crippen LogP contribution in [0, 0.1) is 11.3 Å². The van der Waals surface area contributed by atoms with Gasteiger partial charge in [0.25, 0.3) is 5.91 Å². The van der Waals surface area contributed by atoms with Crippen molar-refractivity contribution < 1.29 is 19.0 Å². The normalized spacial score (nSPS) is 10.9. The zero-order chi connectivity index (χ0) is 18.8. The molecule has 1 heterocycles. The third kappa shape index (κ3) is 5.62. The van der Waals surface area contributed by atoms with Crippen LogP contribution in [0.2, 0.25) is 0 Å². The topological polar surface area (TPSA) is 80.6 Å². The number of rotatable bonds is 9. The molecule has 1 N–H and O–H groups in total. The molecule has 0 aliphatic rings. The van der Waals surface area contributed by atoms with E-state index in [1.54, 1.807) is 36.6 Å². The van der Waals surface area contributed by atoms with Gasteiger partial charge in [-0.2, -0.15) is 5.26 Å². The van der Waals surface area contributed by atoms with Crippen LogP contribution in [0.25, 0.3) is 6.08 Å². The number of benzene rings is 1. The number of carbonyl (C=O) groups excluding carboxylic acids is 1. The fraction of sp³-hybridized carbons (Fsp3) is 0.263. The fourth-order valence-electron chi connectivity index (χ4n) is 2.12. The molecule has 0 unspecified atom stereocenters. The van der Waals surface area contributed by atoms with E-state index in [4.69, 9.17) is 14.2 Å². The second-order valence-corrected chi connectivity index (χ2v) is 6.22. The summed E-state index contributed by atoms with van der Waals surface area (Å²) >= 11 is 1.55. The van der Waals surface area contributed by atoms with E-state index in [1.807, 2.05) is 23.6 Å². The maximum Gasteiger partial charge on any atom is 0.262 e. The number of thiophene rings is 1. The number of ether oxygens (including phenoxy) is 3. The molecular formula is C19H20N2O4S. The monoisotopic (exact) mass is 372 g/mol. The van der Waals surface area contributed by atoms with Crippen molar-refractivity contribution in [2.75, 3.05) is 27.4 Å². The molecule has 1 amide bonds. The van der Waals surface area contributed by atoms with E-state index in [0.29, 0.717) is 36.8 Å². The lowest BCUT2D eigenvalue weighted by Crippen LogP contribution is -2.23. The van der Waals surface area contributed by atoms with Crippen molar-refractivity contribution in [2.24, 2.45) is 0 Å². The maximum absolute atomic E-state index is 12.2. The Hall–Kier alpha value is -2.82. The first-order chi connectivity index (χ1) is 12.7. The minimum Gasteiger partial charge on any atom is -0.493 e. The molecule has 0 atom stereocenters. The summed E-state index contributed by atoms with van der Waals surface area (Å²) in [5, 5.41) is 14.0. The van der Waals surface area contributed by atoms with Crippen molar-refractivity contribution in [2.45, 2.75) is 6.54 Å². The molecule has 26 heavy (non-hydrogen) atoms. The predicted octanol–water partition coefficient (Wildman–Crippen LogP) is 3.01. The van der Waals surface area contributed by atoms with E-state index >= 15 is 0 Å². The molecule has 0 fully saturated rings. The van der Waals surface area contributed by atoms with Gasteiger partial charge in [0.05, 0.1) is 20.3 Å². The summed E-state index contributed by atoms with van der Waals surface area (Å²) in [4.78, 5) is 13.2. The second-order valence-electron chi connectivity index (χ2n) is 5.18. The summed E-state index contributed by atoms with van der Waals surface area (Å²) < 4.78 is 15.8. The van der Waals surface area contributed by atoms with Gasteiger partial charge in [0, 0.05) is 12.0 Å². The van der Waals surface area contributed by atoms with Gasteiger partial charge in [0.15, 0.2) is 11.5 Å². The van der Waals surface area contributed by atoms with Crippen molar-refractivity contribution >= 4 is 23.3 Å². The van der Waals surface area contributed by atoms with Crippen molar-refractivity contribution in [3.05, 3.63) is 51.7 Å². The molecule has 2 rings (SSSR count). The number of hydrogen-bond acceptors (Lipinski definition) is 6. The first kappa shape index (κ1) is 19.5. The number of amides is 1. The van der Waals surface area contributed by atoms with Gasteiger partial charge in [-0.15, -0.1) is 11.3 Å². The SMILES string of the molecule is COCCOc1ccc(/C=C(\C#N)C(=O)NCc2cccs2)cc1OC. The third-order valence-electron chi connectivity index (χ3n) is 3.41. The first-order valence-corrected chi connectivity index (χ1v) is 8.78. The van der Waals surface area contributed by atoms with Crippen LogP contribution in [0.15, 0.2) is 41.3 Å². The second kappa shape index (κ2) is 10.2. The number of nitrogens with zero attached hydrogens (tertiary/aromatic N) is 1. The van der Waals surface area contributed by atoms with E-state index < -0.39 is 5.91 Å². The minimum absolute atomic E-state index is 0.0247. The molecule has 0 spiro atoms. The van der Waals surface area contributed by atoms with Gasteiger partial charge >= 0.3 is 0 Å². The Morgan fingerprint density at radius 2 is 2.12 bits per heavy atom. The fourth-order valence-corrected chi connectivity index (χ4v) is 2.76. The van der Waals surface area contributed by atoms with E-state index in [0.717, 1.165) is 4.88 Å². The van der Waals surface area contributed by atoms with E-state index in [2.05, 4.69) is 5.32 Å². The van der Waals surface area contributed by atoms with E-state index in [9.17, 15) is 10.1 Å². The van der Waals surface area contributed by atoms with Gasteiger partial charge in [0.1, 0.15) is 18.2 Å². The number of hydrogen-bond donors (Lipinski definition) is 1. The molecule has 0 saturated carbocycles. The number of nitrogens with one attached hydrogen (secondary N) is 1. The van der Waals surface area contributed by atoms with Crippen LogP contribution in [0.1, 0.15) is 10.4 Å². The largest absolute Gasteiger partial charge is 0.493 e. The van der Waals surface area contributed by atoms with Crippen LogP contribution in [0.4, 0.5) is 0 Å². The Balaban J connectivity index is 2.09. The zero-order valence-electron chi connectivity index (χ0n) is 14.7. The van der Waals surface area contributed by atoms with Gasteiger partial charge in [-0.05, 0) is 35.2 Å². The smallest absolute Gasteiger partial charge is 0.262 e. The highest BCUT2D eigenvalue weighted by Crippen LogP contribution is 2.29. The average Bonchev–Trinajstić information content (AvgIpc) is 3.18. The molecule has 7 heteroatoms. The molecule has 6 nitrogen and oxygen atoms in total. The van der Waals surface area contributed by atoms with Crippen LogP contribution in [0.3, 0.4) is 0 Å². The van der Waals surface area contributed by atoms with E-state index in [-0.39, 0.29) is 5.57 Å². The highest BCUT2D eigenvalue weighted by Gasteiger charge is 2.11. The zero-order valence-corrected chi connectivity index (χ0v) is 15.5. The Morgan fingerprint density at radius 1 is 1.27 bits per heavy atom. The average molecular weight is 372 g/mol. The molecule has 136 valence electrons.